The molecule has 0 aliphatic heterocycles. The van der Waals surface area contributed by atoms with Crippen molar-refractivity contribution in [2.75, 3.05) is 7.11 Å². The highest BCUT2D eigenvalue weighted by Gasteiger charge is 2.63. The Bertz CT molecular complexity index is 854. The van der Waals surface area contributed by atoms with Crippen LogP contribution in [0.2, 0.25) is 0 Å². The molecular weight excluding hydrogens is 348 g/mol. The maximum absolute atomic E-state index is 12.0. The number of hydrogen-bond acceptors (Lipinski definition) is 2. The lowest BCUT2D eigenvalue weighted by Crippen LogP contribution is -2.62. The molecular formula is C25H28O3. The van der Waals surface area contributed by atoms with Gasteiger partial charge in [0.15, 0.2) is 0 Å². The number of ether oxygens (including phenoxy) is 1. The molecule has 4 saturated carbocycles. The summed E-state index contributed by atoms with van der Waals surface area (Å²) in [6.07, 6.45) is 5.70. The Hall–Kier alpha value is -2.13. The van der Waals surface area contributed by atoms with Gasteiger partial charge in [0.1, 0.15) is 0 Å². The summed E-state index contributed by atoms with van der Waals surface area (Å²) >= 11 is 0. The Labute approximate surface area is 166 Å². The summed E-state index contributed by atoms with van der Waals surface area (Å²) in [5, 5.41) is 9.85. The number of methoxy groups -OCH3 is 1. The van der Waals surface area contributed by atoms with E-state index in [2.05, 4.69) is 48.5 Å². The van der Waals surface area contributed by atoms with E-state index in [0.29, 0.717) is 17.8 Å². The van der Waals surface area contributed by atoms with Crippen molar-refractivity contribution in [3.63, 3.8) is 0 Å². The summed E-state index contributed by atoms with van der Waals surface area (Å²) in [4.78, 5) is 12.0. The molecule has 0 saturated heterocycles. The molecule has 0 radical (unpaired) electrons. The molecule has 1 N–H and O–H groups in total. The van der Waals surface area contributed by atoms with Crippen LogP contribution in [-0.4, -0.2) is 23.8 Å². The molecule has 2 aromatic carbocycles. The molecule has 4 aliphatic rings. The molecule has 3 unspecified atom stereocenters. The number of carboxylic acid groups (broad SMARTS) is 1. The highest BCUT2D eigenvalue weighted by molar-refractivity contribution is 5.70. The summed E-state index contributed by atoms with van der Waals surface area (Å²) < 4.78 is 6.01. The van der Waals surface area contributed by atoms with Crippen molar-refractivity contribution in [3.05, 3.63) is 60.2 Å². The number of hydrogen-bond donors (Lipinski definition) is 1. The zero-order valence-corrected chi connectivity index (χ0v) is 16.4. The molecule has 4 aliphatic carbocycles. The minimum atomic E-state index is -0.675. The van der Waals surface area contributed by atoms with Gasteiger partial charge in [0.25, 0.3) is 0 Å². The maximum Gasteiger partial charge on any atom is 0.304 e. The Morgan fingerprint density at radius 3 is 2.14 bits per heavy atom. The highest BCUT2D eigenvalue weighted by Crippen LogP contribution is 2.66. The topological polar surface area (TPSA) is 46.5 Å². The first-order valence-electron chi connectivity index (χ1n) is 10.5. The van der Waals surface area contributed by atoms with Crippen molar-refractivity contribution in [2.45, 2.75) is 49.5 Å². The maximum atomic E-state index is 12.0. The molecule has 3 heteroatoms. The minimum absolute atomic E-state index is 0.0114. The first kappa shape index (κ1) is 17.9. The van der Waals surface area contributed by atoms with Gasteiger partial charge in [-0.25, -0.2) is 0 Å². The molecule has 6 rings (SSSR count). The van der Waals surface area contributed by atoms with Gasteiger partial charge in [-0.05, 0) is 66.5 Å². The first-order chi connectivity index (χ1) is 13.5. The van der Waals surface area contributed by atoms with Crippen LogP contribution in [0.1, 0.15) is 44.1 Å². The van der Waals surface area contributed by atoms with Crippen molar-refractivity contribution in [2.24, 2.45) is 17.8 Å². The average Bonchev–Trinajstić information content (AvgIpc) is 2.71. The van der Waals surface area contributed by atoms with Crippen LogP contribution in [0, 0.1) is 17.8 Å². The van der Waals surface area contributed by atoms with Crippen LogP contribution in [-0.2, 0) is 14.9 Å². The van der Waals surface area contributed by atoms with Crippen LogP contribution in [0.3, 0.4) is 0 Å². The van der Waals surface area contributed by atoms with E-state index >= 15 is 0 Å². The molecule has 146 valence electrons. The van der Waals surface area contributed by atoms with Gasteiger partial charge in [0.05, 0.1) is 12.0 Å². The smallest absolute Gasteiger partial charge is 0.304 e. The van der Waals surface area contributed by atoms with Gasteiger partial charge in [0.2, 0.25) is 0 Å². The fraction of sp³-hybridized carbons (Fsp3) is 0.480. The van der Waals surface area contributed by atoms with E-state index in [0.717, 1.165) is 32.1 Å². The lowest BCUT2D eigenvalue weighted by Gasteiger charge is -2.65. The average molecular weight is 376 g/mol. The number of rotatable bonds is 5. The second-order valence-corrected chi connectivity index (χ2v) is 9.29. The van der Waals surface area contributed by atoms with E-state index in [1.165, 1.54) is 16.7 Å². The van der Waals surface area contributed by atoms with Crippen molar-refractivity contribution in [1.82, 2.24) is 0 Å². The quantitative estimate of drug-likeness (QED) is 0.771. The van der Waals surface area contributed by atoms with Gasteiger partial charge in [-0.3, -0.25) is 4.79 Å². The highest BCUT2D eigenvalue weighted by atomic mass is 16.5. The molecule has 5 atom stereocenters. The van der Waals surface area contributed by atoms with Crippen LogP contribution >= 0.6 is 0 Å². The van der Waals surface area contributed by atoms with E-state index in [1.54, 1.807) is 0 Å². The van der Waals surface area contributed by atoms with Crippen LogP contribution < -0.4 is 0 Å². The summed E-state index contributed by atoms with van der Waals surface area (Å²) in [7, 11) is 1.85. The fourth-order valence-corrected chi connectivity index (χ4v) is 6.99. The SMILES string of the molecule is COC12CC3C[C@H](C1)C(CC(=O)O)(c1ccc(-c4ccccc4)cc1)[C@@H](C3)C2. The molecule has 4 fully saturated rings. The first-order valence-corrected chi connectivity index (χ1v) is 10.5. The van der Waals surface area contributed by atoms with Crippen molar-refractivity contribution in [3.8, 4) is 11.1 Å². The van der Waals surface area contributed by atoms with Gasteiger partial charge >= 0.3 is 5.97 Å². The van der Waals surface area contributed by atoms with Gasteiger partial charge < -0.3 is 9.84 Å². The predicted molar refractivity (Wildman–Crippen MR) is 109 cm³/mol. The Balaban J connectivity index is 1.56. The second-order valence-electron chi connectivity index (χ2n) is 9.29. The van der Waals surface area contributed by atoms with Gasteiger partial charge in [0, 0.05) is 12.5 Å². The second kappa shape index (κ2) is 6.45. The standard InChI is InChI=1S/C25H28O3/c1-28-24-13-17-11-21(14-24)25(16-23(26)27,22(12-17)15-24)20-9-7-19(8-10-20)18-5-3-2-4-6-18/h2-10,17,21-22H,11-16H2,1H3,(H,26,27)/t17?,21-,22+,24?,25?. The molecule has 0 spiro atoms. The largest absolute Gasteiger partial charge is 0.481 e. The van der Waals surface area contributed by atoms with E-state index < -0.39 is 5.97 Å². The van der Waals surface area contributed by atoms with Crippen molar-refractivity contribution in [1.29, 1.82) is 0 Å². The van der Waals surface area contributed by atoms with Crippen molar-refractivity contribution < 1.29 is 14.6 Å². The summed E-state index contributed by atoms with van der Waals surface area (Å²) in [5.74, 6) is 0.823. The zero-order chi connectivity index (χ0) is 19.4. The molecule has 0 heterocycles. The summed E-state index contributed by atoms with van der Waals surface area (Å²) in [6, 6.07) is 19.1. The van der Waals surface area contributed by atoms with E-state index in [4.69, 9.17) is 4.74 Å². The number of benzene rings is 2. The van der Waals surface area contributed by atoms with Gasteiger partial charge in [-0.15, -0.1) is 0 Å². The van der Waals surface area contributed by atoms with E-state index in [-0.39, 0.29) is 17.4 Å². The predicted octanol–water partition coefficient (Wildman–Crippen LogP) is 5.29. The van der Waals surface area contributed by atoms with Crippen LogP contribution in [0.25, 0.3) is 11.1 Å². The van der Waals surface area contributed by atoms with E-state index in [1.807, 2.05) is 13.2 Å². The Morgan fingerprint density at radius 1 is 0.964 bits per heavy atom. The normalized spacial score (nSPS) is 35.8. The summed E-state index contributed by atoms with van der Waals surface area (Å²) in [6.45, 7) is 0. The zero-order valence-electron chi connectivity index (χ0n) is 16.4. The number of carbonyl (C=O) groups is 1. The van der Waals surface area contributed by atoms with Crippen LogP contribution in [0.5, 0.6) is 0 Å². The van der Waals surface area contributed by atoms with Crippen LogP contribution in [0.15, 0.2) is 54.6 Å². The Morgan fingerprint density at radius 2 is 1.57 bits per heavy atom. The minimum Gasteiger partial charge on any atom is -0.481 e. The number of carboxylic acids is 1. The number of aliphatic carboxylic acids is 1. The Kier molecular flexibility index (Phi) is 4.13. The molecule has 4 bridgehead atoms. The van der Waals surface area contributed by atoms with Gasteiger partial charge in [-0.1, -0.05) is 54.6 Å². The lowest BCUT2D eigenvalue weighted by molar-refractivity contribution is -0.185. The van der Waals surface area contributed by atoms with Crippen molar-refractivity contribution >= 4 is 5.97 Å². The molecule has 0 aromatic heterocycles. The summed E-state index contributed by atoms with van der Waals surface area (Å²) in [5.41, 5.74) is 3.34. The third-order valence-electron chi connectivity index (χ3n) is 8.00. The van der Waals surface area contributed by atoms with E-state index in [9.17, 15) is 9.90 Å². The van der Waals surface area contributed by atoms with Gasteiger partial charge in [-0.2, -0.15) is 0 Å². The fourth-order valence-electron chi connectivity index (χ4n) is 6.99. The molecule has 2 aromatic rings. The molecule has 3 nitrogen and oxygen atoms in total. The lowest BCUT2D eigenvalue weighted by atomic mass is 9.41. The van der Waals surface area contributed by atoms with Crippen LogP contribution in [0.4, 0.5) is 0 Å². The molecule has 0 amide bonds. The monoisotopic (exact) mass is 376 g/mol. The molecule has 28 heavy (non-hydrogen) atoms. The third kappa shape index (κ3) is 2.63. The third-order valence-corrected chi connectivity index (χ3v) is 8.00.